The number of fused-ring (bicyclic) bond motifs is 1. The van der Waals surface area contributed by atoms with Crippen LogP contribution in [0.1, 0.15) is 29.8 Å². The van der Waals surface area contributed by atoms with E-state index in [-0.39, 0.29) is 23.0 Å². The molecule has 0 saturated carbocycles. The van der Waals surface area contributed by atoms with Gasteiger partial charge in [-0.1, -0.05) is 35.9 Å². The monoisotopic (exact) mass is 519 g/mol. The van der Waals surface area contributed by atoms with Crippen LogP contribution in [0.2, 0.25) is 5.02 Å². The molecule has 37 heavy (non-hydrogen) atoms. The van der Waals surface area contributed by atoms with Gasteiger partial charge >= 0.3 is 0 Å². The summed E-state index contributed by atoms with van der Waals surface area (Å²) in [5.74, 6) is -0.260. The number of nitrogens with one attached hydrogen (secondary N) is 2. The summed E-state index contributed by atoms with van der Waals surface area (Å²) >= 11 is 6.44. The molecule has 1 aliphatic rings. The first-order chi connectivity index (χ1) is 17.9. The number of hydrogen-bond donors (Lipinski definition) is 2. The normalized spacial score (nSPS) is 18.0. The molecule has 2 atom stereocenters. The van der Waals surface area contributed by atoms with Crippen molar-refractivity contribution in [2.24, 2.45) is 0 Å². The minimum atomic E-state index is -0.319. The standard InChI is InChI=1S/C26H26ClN7O3/c1-16-14-33(15-17(2)29-16)23-13-28-34(26(36)24(23)27)11-3-4-18-5-8-20(9-6-18)30-25(35)19-7-10-21-22(12-19)32-37-31-21/h3-10,12-13,16-17,29H,11,14-15H2,1-2H3,(H,30,35)/b4-3+. The van der Waals surface area contributed by atoms with E-state index < -0.39 is 0 Å². The van der Waals surface area contributed by atoms with Crippen LogP contribution in [0.15, 0.2) is 64.2 Å². The van der Waals surface area contributed by atoms with Crippen molar-refractivity contribution in [2.45, 2.75) is 32.5 Å². The van der Waals surface area contributed by atoms with Gasteiger partial charge in [0.05, 0.1) is 18.4 Å². The van der Waals surface area contributed by atoms with E-state index in [0.717, 1.165) is 18.7 Å². The number of hydrogen-bond acceptors (Lipinski definition) is 8. The molecule has 1 aliphatic heterocycles. The lowest BCUT2D eigenvalue weighted by atomic mass is 10.1. The first-order valence-corrected chi connectivity index (χ1v) is 12.3. The van der Waals surface area contributed by atoms with E-state index in [4.69, 9.17) is 11.6 Å². The Morgan fingerprint density at radius 2 is 1.86 bits per heavy atom. The van der Waals surface area contributed by atoms with E-state index in [1.54, 1.807) is 36.5 Å². The molecule has 2 N–H and O–H groups in total. The van der Waals surface area contributed by atoms with Crippen LogP contribution in [0.25, 0.3) is 17.1 Å². The zero-order valence-electron chi connectivity index (χ0n) is 20.4. The van der Waals surface area contributed by atoms with Gasteiger partial charge in [-0.25, -0.2) is 9.31 Å². The highest BCUT2D eigenvalue weighted by atomic mass is 35.5. The molecule has 1 amide bonds. The summed E-state index contributed by atoms with van der Waals surface area (Å²) in [6, 6.07) is 12.9. The van der Waals surface area contributed by atoms with E-state index in [9.17, 15) is 9.59 Å². The molecule has 5 rings (SSSR count). The number of carbonyl (C=O) groups excluding carboxylic acids is 1. The Bertz CT molecular complexity index is 1500. The first kappa shape index (κ1) is 24.7. The summed E-state index contributed by atoms with van der Waals surface area (Å²) in [5, 5.41) is 18.3. The van der Waals surface area contributed by atoms with E-state index in [1.807, 2.05) is 24.3 Å². The molecule has 2 aromatic carbocycles. The van der Waals surface area contributed by atoms with Crippen molar-refractivity contribution in [1.29, 1.82) is 0 Å². The molecular weight excluding hydrogens is 494 g/mol. The fourth-order valence-electron chi connectivity index (χ4n) is 4.42. The lowest BCUT2D eigenvalue weighted by Gasteiger charge is -2.37. The van der Waals surface area contributed by atoms with Gasteiger partial charge in [0.15, 0.2) is 0 Å². The van der Waals surface area contributed by atoms with Gasteiger partial charge in [-0.05, 0) is 60.1 Å². The van der Waals surface area contributed by atoms with Gasteiger partial charge in [0, 0.05) is 36.4 Å². The maximum Gasteiger partial charge on any atom is 0.287 e. The van der Waals surface area contributed by atoms with E-state index in [2.05, 4.69) is 49.4 Å². The Hall–Kier alpha value is -4.02. The molecule has 1 fully saturated rings. The van der Waals surface area contributed by atoms with Crippen LogP contribution in [-0.4, -0.2) is 51.2 Å². The van der Waals surface area contributed by atoms with Crippen molar-refractivity contribution in [1.82, 2.24) is 25.4 Å². The number of rotatable bonds is 6. The van der Waals surface area contributed by atoms with Crippen LogP contribution in [0, 0.1) is 0 Å². The zero-order valence-corrected chi connectivity index (χ0v) is 21.1. The SMILES string of the molecule is CC1CN(c2cnn(C/C=C/c3ccc(NC(=O)c4ccc5nonc5c4)cc3)c(=O)c2Cl)CC(C)N1. The highest BCUT2D eigenvalue weighted by molar-refractivity contribution is 6.33. The third-order valence-corrected chi connectivity index (χ3v) is 6.49. The van der Waals surface area contributed by atoms with E-state index in [1.165, 1.54) is 4.68 Å². The number of anilines is 2. The highest BCUT2D eigenvalue weighted by Gasteiger charge is 2.24. The number of allylic oxidation sites excluding steroid dienone is 1. The fraction of sp³-hybridized carbons (Fsp3) is 0.269. The summed E-state index contributed by atoms with van der Waals surface area (Å²) in [5.41, 5.74) is 3.47. The summed E-state index contributed by atoms with van der Waals surface area (Å²) in [6.07, 6.45) is 5.39. The van der Waals surface area contributed by atoms with E-state index in [0.29, 0.717) is 40.1 Å². The summed E-state index contributed by atoms with van der Waals surface area (Å²) in [7, 11) is 0. The van der Waals surface area contributed by atoms with Gasteiger partial charge in [-0.15, -0.1) is 0 Å². The van der Waals surface area contributed by atoms with Gasteiger partial charge in [-0.3, -0.25) is 9.59 Å². The predicted octanol–water partition coefficient (Wildman–Crippen LogP) is 3.59. The topological polar surface area (TPSA) is 118 Å². The summed E-state index contributed by atoms with van der Waals surface area (Å²) < 4.78 is 6.01. The van der Waals surface area contributed by atoms with Crippen molar-refractivity contribution >= 4 is 46.0 Å². The third-order valence-electron chi connectivity index (χ3n) is 6.14. The molecule has 0 spiro atoms. The molecule has 2 unspecified atom stereocenters. The molecule has 0 aliphatic carbocycles. The van der Waals surface area contributed by atoms with Gasteiger partial charge < -0.3 is 15.5 Å². The molecule has 4 aromatic rings. The molecular formula is C26H26ClN7O3. The van der Waals surface area contributed by atoms with Gasteiger partial charge in [0.25, 0.3) is 11.5 Å². The summed E-state index contributed by atoms with van der Waals surface area (Å²) in [6.45, 7) is 6.02. The number of aromatic nitrogens is 4. The van der Waals surface area contributed by atoms with Crippen LogP contribution in [0.3, 0.4) is 0 Å². The third kappa shape index (κ3) is 5.55. The minimum absolute atomic E-state index is 0.184. The quantitative estimate of drug-likeness (QED) is 0.397. The average molecular weight is 520 g/mol. The molecule has 3 heterocycles. The molecule has 11 heteroatoms. The Morgan fingerprint density at radius 3 is 2.62 bits per heavy atom. The highest BCUT2D eigenvalue weighted by Crippen LogP contribution is 2.23. The number of nitrogens with zero attached hydrogens (tertiary/aromatic N) is 5. The number of amides is 1. The van der Waals surface area contributed by atoms with Crippen LogP contribution in [0.4, 0.5) is 11.4 Å². The fourth-order valence-corrected chi connectivity index (χ4v) is 4.69. The Morgan fingerprint density at radius 1 is 1.14 bits per heavy atom. The Kier molecular flexibility index (Phi) is 7.02. The summed E-state index contributed by atoms with van der Waals surface area (Å²) in [4.78, 5) is 27.5. The van der Waals surface area contributed by atoms with Crippen molar-refractivity contribution in [3.63, 3.8) is 0 Å². The average Bonchev–Trinajstić information content (AvgIpc) is 3.35. The number of carbonyl (C=O) groups is 1. The number of piperazine rings is 1. The van der Waals surface area contributed by atoms with Crippen LogP contribution in [-0.2, 0) is 6.54 Å². The van der Waals surface area contributed by atoms with Crippen LogP contribution < -0.4 is 21.1 Å². The molecule has 10 nitrogen and oxygen atoms in total. The van der Waals surface area contributed by atoms with Gasteiger partial charge in [0.2, 0.25) is 0 Å². The smallest absolute Gasteiger partial charge is 0.287 e. The molecule has 190 valence electrons. The number of benzene rings is 2. The lowest BCUT2D eigenvalue weighted by molar-refractivity contribution is 0.102. The largest absolute Gasteiger partial charge is 0.366 e. The predicted molar refractivity (Wildman–Crippen MR) is 143 cm³/mol. The Labute approximate surface area is 217 Å². The second kappa shape index (κ2) is 10.5. The second-order valence-corrected chi connectivity index (χ2v) is 9.53. The van der Waals surface area contributed by atoms with Crippen LogP contribution in [0.5, 0.6) is 0 Å². The number of halogens is 1. The van der Waals surface area contributed by atoms with Gasteiger partial charge in [0.1, 0.15) is 16.1 Å². The Balaban J connectivity index is 1.20. The van der Waals surface area contributed by atoms with E-state index >= 15 is 0 Å². The second-order valence-electron chi connectivity index (χ2n) is 9.15. The minimum Gasteiger partial charge on any atom is -0.366 e. The van der Waals surface area contributed by atoms with Crippen molar-refractivity contribution in [3.05, 3.63) is 81.2 Å². The molecule has 1 saturated heterocycles. The van der Waals surface area contributed by atoms with Gasteiger partial charge in [-0.2, -0.15) is 5.10 Å². The van der Waals surface area contributed by atoms with Crippen molar-refractivity contribution in [3.8, 4) is 0 Å². The maximum absolute atomic E-state index is 12.8. The maximum atomic E-state index is 12.8. The van der Waals surface area contributed by atoms with Crippen LogP contribution >= 0.6 is 11.6 Å². The first-order valence-electron chi connectivity index (χ1n) is 11.9. The van der Waals surface area contributed by atoms with Crippen molar-refractivity contribution in [2.75, 3.05) is 23.3 Å². The lowest BCUT2D eigenvalue weighted by Crippen LogP contribution is -2.54. The zero-order chi connectivity index (χ0) is 25.9. The molecule has 0 radical (unpaired) electrons. The van der Waals surface area contributed by atoms with Crippen molar-refractivity contribution < 1.29 is 9.42 Å². The molecule has 0 bridgehead atoms. The molecule has 2 aromatic heterocycles.